The molecule has 0 spiro atoms. The molecule has 1 fully saturated rings. The molecule has 0 aliphatic carbocycles. The zero-order chi connectivity index (χ0) is 14.7. The topological polar surface area (TPSA) is 12.5 Å². The van der Waals surface area contributed by atoms with Gasteiger partial charge in [0.2, 0.25) is 0 Å². The normalized spacial score (nSPS) is 16.1. The second-order valence-electron chi connectivity index (χ2n) is 5.90. The molecule has 3 rings (SSSR count). The molecule has 0 bridgehead atoms. The maximum absolute atomic E-state index is 5.40. The van der Waals surface area contributed by atoms with Crippen molar-refractivity contribution in [2.24, 2.45) is 0 Å². The zero-order valence-corrected chi connectivity index (χ0v) is 12.9. The van der Waals surface area contributed by atoms with E-state index in [9.17, 15) is 0 Å². The standard InChI is InChI=1S/C19H23NO/c1-15-3-4-16(2)19(13-15)18-7-5-17(6-8-18)14-20-9-11-21-12-10-20/h3-8,13H,9-12,14H2,1-2H3. The van der Waals surface area contributed by atoms with Gasteiger partial charge in [0.1, 0.15) is 0 Å². The molecular formula is C19H23NO. The zero-order valence-electron chi connectivity index (χ0n) is 12.9. The van der Waals surface area contributed by atoms with Crippen molar-refractivity contribution in [2.75, 3.05) is 26.3 Å². The average molecular weight is 281 g/mol. The van der Waals surface area contributed by atoms with Crippen LogP contribution in [0.1, 0.15) is 16.7 Å². The molecule has 1 saturated heterocycles. The summed E-state index contributed by atoms with van der Waals surface area (Å²) in [5.74, 6) is 0. The van der Waals surface area contributed by atoms with Crippen LogP contribution < -0.4 is 0 Å². The van der Waals surface area contributed by atoms with E-state index in [2.05, 4.69) is 61.2 Å². The van der Waals surface area contributed by atoms with Crippen molar-refractivity contribution in [3.63, 3.8) is 0 Å². The number of ether oxygens (including phenoxy) is 1. The summed E-state index contributed by atoms with van der Waals surface area (Å²) in [5, 5.41) is 0. The fourth-order valence-electron chi connectivity index (χ4n) is 2.85. The number of morpholine rings is 1. The van der Waals surface area contributed by atoms with E-state index in [0.29, 0.717) is 0 Å². The van der Waals surface area contributed by atoms with Gasteiger partial charge >= 0.3 is 0 Å². The summed E-state index contributed by atoms with van der Waals surface area (Å²) in [6, 6.07) is 15.7. The molecule has 21 heavy (non-hydrogen) atoms. The molecule has 0 saturated carbocycles. The Kier molecular flexibility index (Phi) is 4.37. The van der Waals surface area contributed by atoms with E-state index in [1.165, 1.54) is 27.8 Å². The Labute approximate surface area is 127 Å². The monoisotopic (exact) mass is 281 g/mol. The highest BCUT2D eigenvalue weighted by atomic mass is 16.5. The lowest BCUT2D eigenvalue weighted by Gasteiger charge is -2.26. The summed E-state index contributed by atoms with van der Waals surface area (Å²) < 4.78 is 5.40. The Morgan fingerprint density at radius 3 is 2.38 bits per heavy atom. The maximum atomic E-state index is 5.40. The molecule has 0 N–H and O–H groups in total. The Morgan fingerprint density at radius 2 is 1.67 bits per heavy atom. The third-order valence-electron chi connectivity index (χ3n) is 4.17. The van der Waals surface area contributed by atoms with Crippen LogP contribution in [0.25, 0.3) is 11.1 Å². The van der Waals surface area contributed by atoms with Gasteiger partial charge < -0.3 is 4.74 Å². The van der Waals surface area contributed by atoms with Gasteiger partial charge in [-0.05, 0) is 36.1 Å². The Balaban J connectivity index is 1.75. The van der Waals surface area contributed by atoms with Gasteiger partial charge in [-0.2, -0.15) is 0 Å². The number of nitrogens with zero attached hydrogens (tertiary/aromatic N) is 1. The fraction of sp³-hybridized carbons (Fsp3) is 0.368. The molecule has 0 unspecified atom stereocenters. The van der Waals surface area contributed by atoms with Gasteiger partial charge in [0.15, 0.2) is 0 Å². The Morgan fingerprint density at radius 1 is 0.952 bits per heavy atom. The summed E-state index contributed by atoms with van der Waals surface area (Å²) >= 11 is 0. The predicted molar refractivity (Wildman–Crippen MR) is 87.4 cm³/mol. The van der Waals surface area contributed by atoms with Crippen LogP contribution in [0.5, 0.6) is 0 Å². The summed E-state index contributed by atoms with van der Waals surface area (Å²) in [5.41, 5.74) is 6.68. The third kappa shape index (κ3) is 3.52. The van der Waals surface area contributed by atoms with Crippen LogP contribution >= 0.6 is 0 Å². The van der Waals surface area contributed by atoms with E-state index in [4.69, 9.17) is 4.74 Å². The second kappa shape index (κ2) is 6.42. The minimum absolute atomic E-state index is 0.862. The number of hydrogen-bond acceptors (Lipinski definition) is 2. The van der Waals surface area contributed by atoms with Gasteiger partial charge in [0.05, 0.1) is 13.2 Å². The lowest BCUT2D eigenvalue weighted by atomic mass is 9.97. The lowest BCUT2D eigenvalue weighted by molar-refractivity contribution is 0.0342. The molecule has 2 heteroatoms. The highest BCUT2D eigenvalue weighted by molar-refractivity contribution is 5.68. The van der Waals surface area contributed by atoms with Crippen LogP contribution in [0.3, 0.4) is 0 Å². The summed E-state index contributed by atoms with van der Waals surface area (Å²) in [7, 11) is 0. The predicted octanol–water partition coefficient (Wildman–Crippen LogP) is 3.80. The van der Waals surface area contributed by atoms with Crippen LogP contribution in [0.15, 0.2) is 42.5 Å². The first-order valence-corrected chi connectivity index (χ1v) is 7.69. The minimum atomic E-state index is 0.862. The van der Waals surface area contributed by atoms with E-state index in [1.54, 1.807) is 0 Å². The third-order valence-corrected chi connectivity index (χ3v) is 4.17. The first-order chi connectivity index (χ1) is 10.2. The fourth-order valence-corrected chi connectivity index (χ4v) is 2.85. The highest BCUT2D eigenvalue weighted by Gasteiger charge is 2.10. The SMILES string of the molecule is Cc1ccc(C)c(-c2ccc(CN3CCOCC3)cc2)c1. The summed E-state index contributed by atoms with van der Waals surface area (Å²) in [6.07, 6.45) is 0. The smallest absolute Gasteiger partial charge is 0.0594 e. The van der Waals surface area contributed by atoms with Gasteiger partial charge in [0, 0.05) is 19.6 Å². The number of benzene rings is 2. The Hall–Kier alpha value is -1.64. The molecule has 110 valence electrons. The molecule has 2 nitrogen and oxygen atoms in total. The molecule has 0 atom stereocenters. The van der Waals surface area contributed by atoms with Crippen molar-refractivity contribution >= 4 is 0 Å². The van der Waals surface area contributed by atoms with Crippen LogP contribution in [0.4, 0.5) is 0 Å². The van der Waals surface area contributed by atoms with Crippen molar-refractivity contribution in [3.8, 4) is 11.1 Å². The largest absolute Gasteiger partial charge is 0.379 e. The second-order valence-corrected chi connectivity index (χ2v) is 5.90. The Bertz CT molecular complexity index is 597. The van der Waals surface area contributed by atoms with Crippen molar-refractivity contribution < 1.29 is 4.74 Å². The van der Waals surface area contributed by atoms with Gasteiger partial charge in [-0.3, -0.25) is 4.90 Å². The molecule has 1 aliphatic rings. The van der Waals surface area contributed by atoms with Crippen molar-refractivity contribution in [1.29, 1.82) is 0 Å². The number of hydrogen-bond donors (Lipinski definition) is 0. The van der Waals surface area contributed by atoms with Crippen molar-refractivity contribution in [2.45, 2.75) is 20.4 Å². The van der Waals surface area contributed by atoms with E-state index in [0.717, 1.165) is 32.8 Å². The van der Waals surface area contributed by atoms with Gasteiger partial charge in [0.25, 0.3) is 0 Å². The summed E-state index contributed by atoms with van der Waals surface area (Å²) in [4.78, 5) is 2.45. The van der Waals surface area contributed by atoms with Gasteiger partial charge in [-0.25, -0.2) is 0 Å². The van der Waals surface area contributed by atoms with Crippen molar-refractivity contribution in [1.82, 2.24) is 4.90 Å². The molecule has 1 aliphatic heterocycles. The minimum Gasteiger partial charge on any atom is -0.379 e. The van der Waals surface area contributed by atoms with E-state index >= 15 is 0 Å². The number of aryl methyl sites for hydroxylation is 2. The molecular weight excluding hydrogens is 258 g/mol. The first-order valence-electron chi connectivity index (χ1n) is 7.69. The van der Waals surface area contributed by atoms with E-state index < -0.39 is 0 Å². The summed E-state index contributed by atoms with van der Waals surface area (Å²) in [6.45, 7) is 9.15. The molecule has 0 amide bonds. The van der Waals surface area contributed by atoms with E-state index in [-0.39, 0.29) is 0 Å². The molecule has 0 aromatic heterocycles. The average Bonchev–Trinajstić information content (AvgIpc) is 2.52. The van der Waals surface area contributed by atoms with Crippen LogP contribution in [-0.2, 0) is 11.3 Å². The van der Waals surface area contributed by atoms with Crippen molar-refractivity contribution in [3.05, 3.63) is 59.2 Å². The van der Waals surface area contributed by atoms with Crippen LogP contribution in [-0.4, -0.2) is 31.2 Å². The highest BCUT2D eigenvalue weighted by Crippen LogP contribution is 2.25. The van der Waals surface area contributed by atoms with Crippen LogP contribution in [0, 0.1) is 13.8 Å². The molecule has 1 heterocycles. The molecule has 2 aromatic carbocycles. The maximum Gasteiger partial charge on any atom is 0.0594 e. The van der Waals surface area contributed by atoms with Gasteiger partial charge in [-0.15, -0.1) is 0 Å². The number of rotatable bonds is 3. The quantitative estimate of drug-likeness (QED) is 0.848. The lowest BCUT2D eigenvalue weighted by Crippen LogP contribution is -2.35. The molecule has 2 aromatic rings. The first kappa shape index (κ1) is 14.3. The van der Waals surface area contributed by atoms with Crippen LogP contribution in [0.2, 0.25) is 0 Å². The van der Waals surface area contributed by atoms with Gasteiger partial charge in [-0.1, -0.05) is 48.0 Å². The molecule has 0 radical (unpaired) electrons. The van der Waals surface area contributed by atoms with E-state index in [1.807, 2.05) is 0 Å².